The molecule has 0 saturated carbocycles. The highest BCUT2D eigenvalue weighted by atomic mass is 79.9. The van der Waals surface area contributed by atoms with Gasteiger partial charge in [-0.3, -0.25) is 24.5 Å². The number of halogens is 4. The fraction of sp³-hybridized carbons (Fsp3) is 0.0588. The molecule has 0 fully saturated rings. The summed E-state index contributed by atoms with van der Waals surface area (Å²) in [5, 5.41) is 13.3. The first kappa shape index (κ1) is 34.4. The van der Waals surface area contributed by atoms with Crippen molar-refractivity contribution in [1.82, 2.24) is 29.8 Å². The monoisotopic (exact) mass is 882 g/mol. The third-order valence-electron chi connectivity index (χ3n) is 6.73. The minimum absolute atomic E-state index is 0.339. The van der Waals surface area contributed by atoms with Gasteiger partial charge in [0.25, 0.3) is 0 Å². The van der Waals surface area contributed by atoms with Crippen LogP contribution < -0.4 is 0 Å². The number of rotatable bonds is 1. The third-order valence-corrected chi connectivity index (χ3v) is 9.46. The molecule has 10 nitrogen and oxygen atoms in total. The van der Waals surface area contributed by atoms with E-state index in [1.165, 1.54) is 0 Å². The van der Waals surface area contributed by atoms with E-state index < -0.39 is 0 Å². The first-order valence-corrected chi connectivity index (χ1v) is 16.8. The summed E-state index contributed by atoms with van der Waals surface area (Å²) in [7, 11) is 0. The van der Waals surface area contributed by atoms with Gasteiger partial charge >= 0.3 is 0 Å². The number of aryl methyl sites for hydroxylation is 2. The van der Waals surface area contributed by atoms with Crippen molar-refractivity contribution in [3.63, 3.8) is 0 Å². The van der Waals surface area contributed by atoms with Crippen LogP contribution in [0.2, 0.25) is 0 Å². The zero-order valence-electron chi connectivity index (χ0n) is 24.9. The quantitative estimate of drug-likeness (QED) is 0.101. The number of nitrogens with one attached hydrogen (secondary N) is 1. The van der Waals surface area contributed by atoms with Crippen LogP contribution in [0, 0.1) is 40.1 Å². The van der Waals surface area contributed by atoms with E-state index in [9.17, 15) is 0 Å². The molecule has 0 aliphatic heterocycles. The Hall–Kier alpha value is -4.96. The number of fused-ring (bicyclic) bond motifs is 6. The van der Waals surface area contributed by atoms with E-state index in [-0.39, 0.29) is 0 Å². The number of H-pyrrole nitrogens is 1. The Balaban J connectivity index is 0.000000154. The number of aromatic amines is 1. The molecule has 5 heterocycles. The molecule has 14 heteroatoms. The molecule has 0 unspecified atom stereocenters. The molecular formula is C34H18Br4N10. The normalized spacial score (nSPS) is 10.2. The molecule has 0 bridgehead atoms. The molecule has 0 atom stereocenters. The molecule has 2 aromatic carbocycles. The van der Waals surface area contributed by atoms with Crippen LogP contribution in [0.3, 0.4) is 0 Å². The van der Waals surface area contributed by atoms with E-state index in [0.29, 0.717) is 22.7 Å². The van der Waals surface area contributed by atoms with Gasteiger partial charge in [-0.05, 0) is 93.6 Å². The number of nitrogens with zero attached hydrogens (tertiary/aromatic N) is 9. The Morgan fingerprint density at radius 3 is 1.81 bits per heavy atom. The van der Waals surface area contributed by atoms with E-state index in [1.54, 1.807) is 28.8 Å². The molecule has 0 amide bonds. The van der Waals surface area contributed by atoms with Gasteiger partial charge in [-0.25, -0.2) is 14.5 Å². The molecule has 7 rings (SSSR count). The zero-order valence-corrected chi connectivity index (χ0v) is 31.2. The van der Waals surface area contributed by atoms with Crippen LogP contribution in [0.5, 0.6) is 0 Å². The third kappa shape index (κ3) is 7.28. The largest absolute Gasteiger partial charge is 0.282 e. The van der Waals surface area contributed by atoms with Gasteiger partial charge in [0.2, 0.25) is 0 Å². The lowest BCUT2D eigenvalue weighted by molar-refractivity contribution is 0.973. The minimum Gasteiger partial charge on any atom is -0.282 e. The average Bonchev–Trinajstić information content (AvgIpc) is 3.71. The van der Waals surface area contributed by atoms with Gasteiger partial charge in [-0.15, -0.1) is 0 Å². The second kappa shape index (κ2) is 14.9. The van der Waals surface area contributed by atoms with Gasteiger partial charge in [0.15, 0.2) is 22.7 Å². The Bertz CT molecular complexity index is 2500. The first-order valence-electron chi connectivity index (χ1n) is 13.6. The highest BCUT2D eigenvalue weighted by Gasteiger charge is 2.15. The standard InChI is InChI=1S/C17H8BrN5.C9H8BrN3.C8H2Br2N2/c1-9-6-15-17-10(4-5-16(18)21-17)11-7-12(19-2)13(20-3)8-14(11)23(15)22-9;1-6-5-8(13-12-6)7-3-2-4-9(10)11-7;1-11-7-3-5(9)6(10)4-8(7)12-2/h4-8H,1H3;2-5H,1H3,(H,12,13);3-4H. The summed E-state index contributed by atoms with van der Waals surface area (Å²) >= 11 is 13.2. The molecule has 0 aliphatic carbocycles. The van der Waals surface area contributed by atoms with Gasteiger partial charge < -0.3 is 0 Å². The van der Waals surface area contributed by atoms with Gasteiger partial charge in [-0.2, -0.15) is 10.2 Å². The van der Waals surface area contributed by atoms with E-state index in [0.717, 1.165) is 68.3 Å². The maximum Gasteiger partial charge on any atom is 0.196 e. The lowest BCUT2D eigenvalue weighted by Crippen LogP contribution is -1.94. The highest BCUT2D eigenvalue weighted by molar-refractivity contribution is 9.13. The predicted molar refractivity (Wildman–Crippen MR) is 202 cm³/mol. The van der Waals surface area contributed by atoms with E-state index in [2.05, 4.69) is 108 Å². The van der Waals surface area contributed by atoms with Crippen LogP contribution in [0.25, 0.3) is 58.1 Å². The molecule has 1 N–H and O–H groups in total. The van der Waals surface area contributed by atoms with E-state index >= 15 is 0 Å². The van der Waals surface area contributed by atoms with Crippen LogP contribution in [0.4, 0.5) is 22.7 Å². The van der Waals surface area contributed by atoms with E-state index in [1.807, 2.05) is 56.3 Å². The second-order valence-corrected chi connectivity index (χ2v) is 13.3. The second-order valence-electron chi connectivity index (χ2n) is 9.95. The number of aromatic nitrogens is 6. The van der Waals surface area contributed by atoms with Crippen LogP contribution >= 0.6 is 63.7 Å². The van der Waals surface area contributed by atoms with Crippen molar-refractivity contribution in [3.05, 3.63) is 142 Å². The van der Waals surface area contributed by atoms with Crippen LogP contribution in [-0.2, 0) is 0 Å². The Morgan fingerprint density at radius 2 is 1.23 bits per heavy atom. The number of pyridine rings is 3. The molecule has 0 saturated heterocycles. The summed E-state index contributed by atoms with van der Waals surface area (Å²) in [6, 6.07) is 20.3. The molecular weight excluding hydrogens is 868 g/mol. The van der Waals surface area contributed by atoms with Crippen LogP contribution in [0.1, 0.15) is 11.4 Å². The van der Waals surface area contributed by atoms with Crippen LogP contribution in [-0.4, -0.2) is 29.8 Å². The zero-order chi connectivity index (χ0) is 34.5. The number of hydrogen-bond donors (Lipinski definition) is 1. The van der Waals surface area contributed by atoms with Crippen molar-refractivity contribution < 1.29 is 0 Å². The lowest BCUT2D eigenvalue weighted by atomic mass is 10.1. The molecule has 0 aliphatic rings. The smallest absolute Gasteiger partial charge is 0.196 e. The number of hydrogen-bond acceptors (Lipinski definition) is 4. The SMILES string of the molecule is Cc1cc(-c2cccc(Br)n2)n[nH]1.[C-]#[N+]c1cc(Br)c(Br)cc1[N+]#[C-].[C-]#[N+]c1cc2c3ccc(Br)nc3c3cc(C)nn3c2cc1[N+]#[C-]. The predicted octanol–water partition coefficient (Wildman–Crippen LogP) is 12.1. The average molecular weight is 886 g/mol. The van der Waals surface area contributed by atoms with Crippen molar-refractivity contribution in [3.8, 4) is 11.4 Å². The minimum atomic E-state index is 0.339. The first-order chi connectivity index (χ1) is 23.1. The molecule has 0 radical (unpaired) electrons. The van der Waals surface area contributed by atoms with Gasteiger partial charge in [0.1, 0.15) is 14.9 Å². The van der Waals surface area contributed by atoms with Crippen molar-refractivity contribution in [2.24, 2.45) is 0 Å². The molecule has 5 aromatic heterocycles. The molecule has 0 spiro atoms. The molecule has 7 aromatic rings. The van der Waals surface area contributed by atoms with Crippen molar-refractivity contribution in [2.75, 3.05) is 0 Å². The highest BCUT2D eigenvalue weighted by Crippen LogP contribution is 2.38. The summed E-state index contributed by atoms with van der Waals surface area (Å²) in [5.41, 5.74) is 7.61. The summed E-state index contributed by atoms with van der Waals surface area (Å²) in [5.74, 6) is 0. The van der Waals surface area contributed by atoms with Crippen molar-refractivity contribution in [1.29, 1.82) is 0 Å². The number of benzene rings is 2. The summed E-state index contributed by atoms with van der Waals surface area (Å²) < 4.78 is 4.95. The van der Waals surface area contributed by atoms with E-state index in [4.69, 9.17) is 26.3 Å². The Kier molecular flexibility index (Phi) is 10.6. The Labute approximate surface area is 308 Å². The fourth-order valence-electron chi connectivity index (χ4n) is 4.64. The van der Waals surface area contributed by atoms with Gasteiger partial charge in [-0.1, -0.05) is 56.1 Å². The maximum atomic E-state index is 7.31. The van der Waals surface area contributed by atoms with Crippen molar-refractivity contribution >= 4 is 114 Å². The topological polar surface area (TPSA) is 89.2 Å². The summed E-state index contributed by atoms with van der Waals surface area (Å²) in [6.45, 7) is 32.1. The van der Waals surface area contributed by atoms with Crippen LogP contribution in [0.15, 0.2) is 84.9 Å². The van der Waals surface area contributed by atoms with Gasteiger partial charge in [0.05, 0.1) is 54.2 Å². The maximum absolute atomic E-state index is 7.31. The summed E-state index contributed by atoms with van der Waals surface area (Å²) in [6.07, 6.45) is 0. The lowest BCUT2D eigenvalue weighted by Gasteiger charge is -2.09. The Morgan fingerprint density at radius 1 is 0.625 bits per heavy atom. The molecule has 48 heavy (non-hydrogen) atoms. The molecule has 232 valence electrons. The summed E-state index contributed by atoms with van der Waals surface area (Å²) in [4.78, 5) is 22.3. The van der Waals surface area contributed by atoms with Crippen molar-refractivity contribution in [2.45, 2.75) is 13.8 Å². The van der Waals surface area contributed by atoms with Gasteiger partial charge in [0, 0.05) is 20.0 Å². The fourth-order valence-corrected chi connectivity index (χ4v) is 5.96.